The van der Waals surface area contributed by atoms with Gasteiger partial charge in [-0.15, -0.1) is 0 Å². The maximum absolute atomic E-state index is 12.5. The zero-order valence-corrected chi connectivity index (χ0v) is 15.5. The largest absolute Gasteiger partial charge is 0.478 e. The molecule has 0 radical (unpaired) electrons. The second-order valence-corrected chi connectivity index (χ2v) is 7.32. The van der Waals surface area contributed by atoms with Gasteiger partial charge in [-0.2, -0.15) is 0 Å². The Kier molecular flexibility index (Phi) is 4.17. The molecule has 1 aliphatic rings. The van der Waals surface area contributed by atoms with E-state index in [2.05, 4.69) is 19.9 Å². The lowest BCUT2D eigenvalue weighted by Gasteiger charge is -2.22. The van der Waals surface area contributed by atoms with Crippen LogP contribution < -0.4 is 5.69 Å². The molecule has 4 aromatic rings. The van der Waals surface area contributed by atoms with Crippen LogP contribution in [0.4, 0.5) is 0 Å². The van der Waals surface area contributed by atoms with Crippen molar-refractivity contribution in [3.63, 3.8) is 0 Å². The van der Waals surface area contributed by atoms with Crippen LogP contribution in [0.1, 0.15) is 23.2 Å². The van der Waals surface area contributed by atoms with E-state index in [1.807, 2.05) is 6.07 Å². The summed E-state index contributed by atoms with van der Waals surface area (Å²) in [6.45, 7) is 2.06. The van der Waals surface area contributed by atoms with Gasteiger partial charge in [-0.05, 0) is 30.9 Å². The predicted octanol–water partition coefficient (Wildman–Crippen LogP) is 2.39. The summed E-state index contributed by atoms with van der Waals surface area (Å²) in [5, 5.41) is 9.89. The van der Waals surface area contributed by atoms with E-state index in [4.69, 9.17) is 4.74 Å². The Bertz CT molecular complexity index is 1280. The van der Waals surface area contributed by atoms with Crippen LogP contribution in [0.25, 0.3) is 33.3 Å². The topological polar surface area (TPSA) is 126 Å². The molecule has 29 heavy (non-hydrogen) atoms. The Balaban J connectivity index is 1.58. The Morgan fingerprint density at radius 1 is 1.17 bits per heavy atom. The zero-order valence-electron chi connectivity index (χ0n) is 15.5. The Labute approximate surface area is 164 Å². The third-order valence-corrected chi connectivity index (χ3v) is 5.51. The maximum Gasteiger partial charge on any atom is 0.337 e. The summed E-state index contributed by atoms with van der Waals surface area (Å²) in [5.74, 6) is -0.625. The molecule has 1 saturated heterocycles. The molecule has 3 N–H and O–H groups in total. The van der Waals surface area contributed by atoms with Crippen LogP contribution in [-0.2, 0) is 11.3 Å². The monoisotopic (exact) mass is 393 g/mol. The number of ether oxygens (including phenoxy) is 1. The number of aromatic nitrogens is 5. The highest BCUT2D eigenvalue weighted by molar-refractivity contribution is 6.03. The van der Waals surface area contributed by atoms with E-state index >= 15 is 0 Å². The molecule has 0 aliphatic carbocycles. The van der Waals surface area contributed by atoms with Crippen LogP contribution in [0.3, 0.4) is 0 Å². The number of imidazole rings is 1. The van der Waals surface area contributed by atoms with Gasteiger partial charge < -0.3 is 14.8 Å². The van der Waals surface area contributed by atoms with E-state index < -0.39 is 5.97 Å². The molecule has 0 unspecified atom stereocenters. The second-order valence-electron chi connectivity index (χ2n) is 7.32. The number of aromatic carboxylic acids is 1. The molecular weight excluding hydrogens is 374 g/mol. The number of hydrogen-bond donors (Lipinski definition) is 3. The summed E-state index contributed by atoms with van der Waals surface area (Å²) in [6.07, 6.45) is 6.62. The second kappa shape index (κ2) is 6.85. The highest BCUT2D eigenvalue weighted by Gasteiger charge is 2.18. The first-order chi connectivity index (χ1) is 14.1. The van der Waals surface area contributed by atoms with Gasteiger partial charge >= 0.3 is 11.7 Å². The number of carbonyl (C=O) groups is 1. The molecule has 4 aromatic heterocycles. The standard InChI is InChI=1S/C20H19N5O4/c26-19(27)15-9-23-17-14(15)5-12(7-21-17)13-6-16-18(22-8-13)24-20(28)25(16)10-11-1-3-29-4-2-11/h5-9,11H,1-4,10H2,(H,21,23)(H,26,27)(H,22,24,28). The highest BCUT2D eigenvalue weighted by Crippen LogP contribution is 2.26. The Hall–Kier alpha value is -3.46. The number of H-pyrrole nitrogens is 2. The summed E-state index contributed by atoms with van der Waals surface area (Å²) in [7, 11) is 0. The van der Waals surface area contributed by atoms with E-state index in [9.17, 15) is 14.7 Å². The molecule has 0 bridgehead atoms. The van der Waals surface area contributed by atoms with Crippen molar-refractivity contribution < 1.29 is 14.6 Å². The molecule has 5 heterocycles. The molecule has 0 atom stereocenters. The summed E-state index contributed by atoms with van der Waals surface area (Å²) in [4.78, 5) is 38.3. The van der Waals surface area contributed by atoms with Crippen LogP contribution in [0, 0.1) is 5.92 Å². The third kappa shape index (κ3) is 3.09. The molecule has 1 aliphatic heterocycles. The number of rotatable bonds is 4. The summed E-state index contributed by atoms with van der Waals surface area (Å²) < 4.78 is 7.14. The lowest BCUT2D eigenvalue weighted by atomic mass is 10.0. The van der Waals surface area contributed by atoms with E-state index in [0.717, 1.165) is 42.7 Å². The van der Waals surface area contributed by atoms with Gasteiger partial charge in [0, 0.05) is 54.9 Å². The van der Waals surface area contributed by atoms with Gasteiger partial charge in [-0.25, -0.2) is 19.6 Å². The Morgan fingerprint density at radius 2 is 1.90 bits per heavy atom. The predicted molar refractivity (Wildman–Crippen MR) is 106 cm³/mol. The average molecular weight is 393 g/mol. The molecular formula is C20H19N5O4. The first kappa shape index (κ1) is 17.6. The maximum atomic E-state index is 12.5. The molecule has 9 heteroatoms. The van der Waals surface area contributed by atoms with Crippen molar-refractivity contribution in [2.45, 2.75) is 19.4 Å². The molecule has 5 rings (SSSR count). The van der Waals surface area contributed by atoms with Gasteiger partial charge in [0.2, 0.25) is 0 Å². The molecule has 0 saturated carbocycles. The minimum Gasteiger partial charge on any atom is -0.478 e. The van der Waals surface area contributed by atoms with Crippen molar-refractivity contribution in [1.82, 2.24) is 24.5 Å². The van der Waals surface area contributed by atoms with Crippen molar-refractivity contribution in [2.75, 3.05) is 13.2 Å². The number of nitrogens with zero attached hydrogens (tertiary/aromatic N) is 3. The smallest absolute Gasteiger partial charge is 0.337 e. The van der Waals surface area contributed by atoms with Gasteiger partial charge in [0.05, 0.1) is 11.1 Å². The quantitative estimate of drug-likeness (QED) is 0.489. The number of carboxylic acids is 1. The summed E-state index contributed by atoms with van der Waals surface area (Å²) in [6, 6.07) is 3.67. The molecule has 0 spiro atoms. The highest BCUT2D eigenvalue weighted by atomic mass is 16.5. The summed E-state index contributed by atoms with van der Waals surface area (Å²) >= 11 is 0. The zero-order chi connectivity index (χ0) is 20.0. The third-order valence-electron chi connectivity index (χ3n) is 5.51. The summed E-state index contributed by atoms with van der Waals surface area (Å²) in [5.41, 5.74) is 3.27. The number of pyridine rings is 2. The molecule has 1 fully saturated rings. The SMILES string of the molecule is O=C(O)c1c[nH]c2ncc(-c3cnc4[nH]c(=O)n(CC5CCOCC5)c4c3)cc12. The molecule has 0 aromatic carbocycles. The number of carboxylic acid groups (broad SMARTS) is 1. The first-order valence-corrected chi connectivity index (χ1v) is 9.47. The van der Waals surface area contributed by atoms with Crippen LogP contribution in [0.2, 0.25) is 0 Å². The van der Waals surface area contributed by atoms with Crippen LogP contribution in [0.5, 0.6) is 0 Å². The van der Waals surface area contributed by atoms with E-state index in [1.165, 1.54) is 6.20 Å². The van der Waals surface area contributed by atoms with Crippen molar-refractivity contribution >= 4 is 28.2 Å². The lowest BCUT2D eigenvalue weighted by Crippen LogP contribution is -2.25. The van der Waals surface area contributed by atoms with Crippen molar-refractivity contribution in [2.24, 2.45) is 5.92 Å². The number of hydrogen-bond acceptors (Lipinski definition) is 5. The van der Waals surface area contributed by atoms with Crippen LogP contribution in [-0.4, -0.2) is 48.8 Å². The number of nitrogens with one attached hydrogen (secondary N) is 2. The molecule has 148 valence electrons. The van der Waals surface area contributed by atoms with E-state index in [0.29, 0.717) is 29.1 Å². The fourth-order valence-corrected chi connectivity index (χ4v) is 3.90. The normalized spacial score (nSPS) is 15.3. The number of aromatic amines is 2. The molecule has 9 nitrogen and oxygen atoms in total. The average Bonchev–Trinajstić information content (AvgIpc) is 3.29. The lowest BCUT2D eigenvalue weighted by molar-refractivity contribution is 0.0613. The van der Waals surface area contributed by atoms with Gasteiger partial charge in [0.25, 0.3) is 0 Å². The number of fused-ring (bicyclic) bond motifs is 2. The van der Waals surface area contributed by atoms with Crippen molar-refractivity contribution in [3.05, 3.63) is 46.8 Å². The van der Waals surface area contributed by atoms with Gasteiger partial charge in [0.15, 0.2) is 5.65 Å². The van der Waals surface area contributed by atoms with Crippen molar-refractivity contribution in [1.29, 1.82) is 0 Å². The van der Waals surface area contributed by atoms with Crippen LogP contribution in [0.15, 0.2) is 35.5 Å². The van der Waals surface area contributed by atoms with Gasteiger partial charge in [-0.3, -0.25) is 9.55 Å². The fourth-order valence-electron chi connectivity index (χ4n) is 3.90. The van der Waals surface area contributed by atoms with Crippen molar-refractivity contribution in [3.8, 4) is 11.1 Å². The van der Waals surface area contributed by atoms with Crippen LogP contribution >= 0.6 is 0 Å². The Morgan fingerprint density at radius 3 is 2.66 bits per heavy atom. The molecule has 0 amide bonds. The van der Waals surface area contributed by atoms with E-state index in [1.54, 1.807) is 23.0 Å². The minimum absolute atomic E-state index is 0.168. The first-order valence-electron chi connectivity index (χ1n) is 9.47. The fraction of sp³-hybridized carbons (Fsp3) is 0.300. The van der Waals surface area contributed by atoms with E-state index in [-0.39, 0.29) is 11.3 Å². The van der Waals surface area contributed by atoms with Gasteiger partial charge in [-0.1, -0.05) is 0 Å². The van der Waals surface area contributed by atoms with Gasteiger partial charge in [0.1, 0.15) is 5.65 Å². The minimum atomic E-state index is -1.01.